The molecule has 0 aliphatic heterocycles. The maximum absolute atomic E-state index is 2.28. The van der Waals surface area contributed by atoms with Crippen molar-refractivity contribution < 1.29 is 0 Å². The summed E-state index contributed by atoms with van der Waals surface area (Å²) < 4.78 is 0. The van der Waals surface area contributed by atoms with Gasteiger partial charge in [-0.15, -0.1) is 0 Å². The van der Waals surface area contributed by atoms with Crippen LogP contribution in [0.15, 0.2) is 24.3 Å². The molecule has 0 saturated carbocycles. The Morgan fingerprint density at radius 3 is 1.69 bits per heavy atom. The van der Waals surface area contributed by atoms with Crippen molar-refractivity contribution in [2.45, 2.75) is 46.0 Å². The lowest BCUT2D eigenvalue weighted by molar-refractivity contribution is 0.711. The van der Waals surface area contributed by atoms with Crippen LogP contribution in [0, 0.1) is 0 Å². The average Bonchev–Trinajstić information content (AvgIpc) is 2.45. The van der Waals surface area contributed by atoms with Crippen molar-refractivity contribution in [1.29, 1.82) is 0 Å². The Kier molecular flexibility index (Phi) is 4.59. The quantitative estimate of drug-likeness (QED) is 0.524. The van der Waals surface area contributed by atoms with Crippen molar-refractivity contribution in [2.75, 3.05) is 0 Å². The van der Waals surface area contributed by atoms with E-state index in [9.17, 15) is 0 Å². The topological polar surface area (TPSA) is 0 Å². The minimum atomic E-state index is 1.30. The summed E-state index contributed by atoms with van der Waals surface area (Å²) in [6, 6.07) is 8.87. The molecule has 0 spiro atoms. The van der Waals surface area contributed by atoms with Crippen LogP contribution in [-0.4, -0.2) is 0 Å². The number of rotatable bonds is 0. The second-order valence-electron chi connectivity index (χ2n) is 3.33. The lowest BCUT2D eigenvalue weighted by Crippen LogP contribution is -1.88. The molecule has 0 heterocycles. The molecule has 0 fully saturated rings. The van der Waals surface area contributed by atoms with Gasteiger partial charge in [-0.2, -0.15) is 0 Å². The van der Waals surface area contributed by atoms with Crippen molar-refractivity contribution in [3.8, 4) is 0 Å². The van der Waals surface area contributed by atoms with Crippen molar-refractivity contribution in [3.05, 3.63) is 35.4 Å². The van der Waals surface area contributed by atoms with Gasteiger partial charge in [-0.05, 0) is 36.8 Å². The van der Waals surface area contributed by atoms with E-state index in [0.717, 1.165) is 0 Å². The lowest BCUT2D eigenvalue weighted by Gasteiger charge is -2.02. The van der Waals surface area contributed by atoms with E-state index in [1.165, 1.54) is 32.1 Å². The third-order valence-electron chi connectivity index (χ3n) is 2.51. The van der Waals surface area contributed by atoms with E-state index in [-0.39, 0.29) is 0 Å². The van der Waals surface area contributed by atoms with Gasteiger partial charge in [0.15, 0.2) is 0 Å². The van der Waals surface area contributed by atoms with Gasteiger partial charge in [0.25, 0.3) is 0 Å². The summed E-state index contributed by atoms with van der Waals surface area (Å²) in [5.74, 6) is 0. The predicted molar refractivity (Wildman–Crippen MR) is 59.0 cm³/mol. The van der Waals surface area contributed by atoms with Gasteiger partial charge in [-0.1, -0.05) is 44.5 Å². The van der Waals surface area contributed by atoms with E-state index in [2.05, 4.69) is 24.3 Å². The molecule has 0 N–H and O–H groups in total. The minimum absolute atomic E-state index is 1.30. The number of hydrogen-bond acceptors (Lipinski definition) is 0. The van der Waals surface area contributed by atoms with E-state index < -0.39 is 0 Å². The van der Waals surface area contributed by atoms with Gasteiger partial charge in [-0.3, -0.25) is 0 Å². The number of benzene rings is 1. The summed E-state index contributed by atoms with van der Waals surface area (Å²) in [6.07, 6.45) is 6.79. The highest BCUT2D eigenvalue weighted by Gasteiger charge is 2.05. The smallest absolute Gasteiger partial charge is 0.0276 e. The highest BCUT2D eigenvalue weighted by Crippen LogP contribution is 2.19. The molecule has 72 valence electrons. The summed E-state index contributed by atoms with van der Waals surface area (Å²) in [7, 11) is 0. The Balaban J connectivity index is 0.000000396. The van der Waals surface area contributed by atoms with E-state index in [0.29, 0.717) is 0 Å². The zero-order valence-corrected chi connectivity index (χ0v) is 8.84. The molecule has 0 saturated heterocycles. The molecule has 1 aromatic rings. The van der Waals surface area contributed by atoms with E-state index in [1.54, 1.807) is 11.1 Å². The van der Waals surface area contributed by atoms with Gasteiger partial charge < -0.3 is 0 Å². The molecule has 0 radical (unpaired) electrons. The van der Waals surface area contributed by atoms with E-state index in [1.807, 2.05) is 13.8 Å². The Morgan fingerprint density at radius 1 is 0.769 bits per heavy atom. The predicted octanol–water partition coefficient (Wildman–Crippen LogP) is 3.98. The van der Waals surface area contributed by atoms with Crippen molar-refractivity contribution in [3.63, 3.8) is 0 Å². The largest absolute Gasteiger partial charge is 0.0683 e. The molecule has 0 amide bonds. The minimum Gasteiger partial charge on any atom is -0.0683 e. The van der Waals surface area contributed by atoms with Crippen LogP contribution in [0.5, 0.6) is 0 Å². The third kappa shape index (κ3) is 2.87. The van der Waals surface area contributed by atoms with Crippen LogP contribution >= 0.6 is 0 Å². The first-order valence-corrected chi connectivity index (χ1v) is 5.53. The maximum Gasteiger partial charge on any atom is -0.0276 e. The van der Waals surface area contributed by atoms with Crippen molar-refractivity contribution >= 4 is 0 Å². The molecule has 13 heavy (non-hydrogen) atoms. The second kappa shape index (κ2) is 5.80. The van der Waals surface area contributed by atoms with Gasteiger partial charge >= 0.3 is 0 Å². The third-order valence-corrected chi connectivity index (χ3v) is 2.51. The molecule has 1 aromatic carbocycles. The molecule has 0 nitrogen and oxygen atoms in total. The van der Waals surface area contributed by atoms with Gasteiger partial charge in [0.05, 0.1) is 0 Å². The molecule has 2 rings (SSSR count). The zero-order chi connectivity index (χ0) is 9.52. The number of aryl methyl sites for hydroxylation is 2. The fourth-order valence-corrected chi connectivity index (χ4v) is 1.85. The fraction of sp³-hybridized carbons (Fsp3) is 0.538. The number of hydrogen-bond donors (Lipinski definition) is 0. The maximum atomic E-state index is 2.28. The molecule has 0 bridgehead atoms. The van der Waals surface area contributed by atoms with Crippen LogP contribution in [0.3, 0.4) is 0 Å². The molecule has 0 atom stereocenters. The first kappa shape index (κ1) is 10.3. The molecule has 1 aliphatic rings. The van der Waals surface area contributed by atoms with Crippen LogP contribution in [-0.2, 0) is 12.8 Å². The van der Waals surface area contributed by atoms with Gasteiger partial charge in [0, 0.05) is 0 Å². The van der Waals surface area contributed by atoms with Crippen LogP contribution in [0.4, 0.5) is 0 Å². The molecule has 0 aromatic heterocycles. The van der Waals surface area contributed by atoms with Gasteiger partial charge in [-0.25, -0.2) is 0 Å². The molecule has 0 unspecified atom stereocenters. The Morgan fingerprint density at radius 2 is 1.23 bits per heavy atom. The Hall–Kier alpha value is -0.780. The summed E-state index contributed by atoms with van der Waals surface area (Å²) >= 11 is 0. The summed E-state index contributed by atoms with van der Waals surface area (Å²) in [5, 5.41) is 0. The first-order valence-electron chi connectivity index (χ1n) is 5.53. The Bertz CT molecular complexity index is 213. The SMILES string of the molecule is CC.c1ccc2c(c1)CCCCC2. The first-order chi connectivity index (χ1) is 6.47. The van der Waals surface area contributed by atoms with Crippen LogP contribution in [0.25, 0.3) is 0 Å². The highest BCUT2D eigenvalue weighted by molar-refractivity contribution is 5.27. The standard InChI is InChI=1S/C11H14.C2H6/c1-2-6-10-8-4-5-9-11(10)7-3-1;1-2/h4-5,8-9H,1-3,6-7H2;1-2H3. The van der Waals surface area contributed by atoms with Gasteiger partial charge in [0.2, 0.25) is 0 Å². The second-order valence-corrected chi connectivity index (χ2v) is 3.33. The zero-order valence-electron chi connectivity index (χ0n) is 8.84. The summed E-state index contributed by atoms with van der Waals surface area (Å²) in [6.45, 7) is 4.00. The van der Waals surface area contributed by atoms with E-state index >= 15 is 0 Å². The molecular weight excluding hydrogens is 156 g/mol. The van der Waals surface area contributed by atoms with Crippen LogP contribution in [0.2, 0.25) is 0 Å². The fourth-order valence-electron chi connectivity index (χ4n) is 1.85. The summed E-state index contributed by atoms with van der Waals surface area (Å²) in [4.78, 5) is 0. The monoisotopic (exact) mass is 176 g/mol. The average molecular weight is 176 g/mol. The van der Waals surface area contributed by atoms with E-state index in [4.69, 9.17) is 0 Å². The van der Waals surface area contributed by atoms with Crippen LogP contribution in [0.1, 0.15) is 44.2 Å². The lowest BCUT2D eigenvalue weighted by atomic mass is 10.0. The molecule has 0 heteroatoms. The summed E-state index contributed by atoms with van der Waals surface area (Å²) in [5.41, 5.74) is 3.18. The van der Waals surface area contributed by atoms with Crippen LogP contribution < -0.4 is 0 Å². The molecule has 1 aliphatic carbocycles. The highest BCUT2D eigenvalue weighted by atomic mass is 14.1. The normalized spacial score (nSPS) is 14.9. The molecular formula is C13H20. The number of fused-ring (bicyclic) bond motifs is 1. The Labute approximate surface area is 82.0 Å². The van der Waals surface area contributed by atoms with Crippen molar-refractivity contribution in [1.82, 2.24) is 0 Å². The van der Waals surface area contributed by atoms with Crippen molar-refractivity contribution in [2.24, 2.45) is 0 Å². The van der Waals surface area contributed by atoms with Gasteiger partial charge in [0.1, 0.15) is 0 Å².